The van der Waals surface area contributed by atoms with Crippen LogP contribution in [0.4, 0.5) is 5.95 Å². The van der Waals surface area contributed by atoms with E-state index in [1.54, 1.807) is 4.52 Å². The van der Waals surface area contributed by atoms with E-state index in [0.717, 1.165) is 30.7 Å². The SMILES string of the molecule is CC(C)c1cnn2c(N[C@@H](C)c3ccccc3)nc(OC3CCN(C)C3)nc12. The Kier molecular flexibility index (Phi) is 5.17. The Labute approximate surface area is 165 Å². The first kappa shape index (κ1) is 18.7. The van der Waals surface area contributed by atoms with Gasteiger partial charge in [-0.2, -0.15) is 19.6 Å². The summed E-state index contributed by atoms with van der Waals surface area (Å²) in [6.45, 7) is 8.33. The number of benzene rings is 1. The van der Waals surface area contributed by atoms with Crippen LogP contribution in [0, 0.1) is 0 Å². The second-order valence-electron chi connectivity index (χ2n) is 7.89. The Morgan fingerprint density at radius 1 is 1.14 bits per heavy atom. The van der Waals surface area contributed by atoms with Gasteiger partial charge in [0.05, 0.1) is 12.2 Å². The molecule has 4 rings (SSSR count). The van der Waals surface area contributed by atoms with Crippen LogP contribution in [0.5, 0.6) is 6.01 Å². The second-order valence-corrected chi connectivity index (χ2v) is 7.89. The molecule has 7 nitrogen and oxygen atoms in total. The Morgan fingerprint density at radius 3 is 2.61 bits per heavy atom. The Balaban J connectivity index is 1.69. The van der Waals surface area contributed by atoms with E-state index in [-0.39, 0.29) is 12.1 Å². The maximum absolute atomic E-state index is 6.14. The normalized spacial score (nSPS) is 18.7. The standard InChI is InChI=1S/C21H28N6O/c1-14(2)18-12-22-27-19(18)24-21(28-17-10-11-26(4)13-17)25-20(27)23-15(3)16-8-6-5-7-9-16/h5-9,12,14-15,17H,10-11,13H2,1-4H3,(H,23,24,25)/t15-,17?/m0/s1. The molecule has 1 fully saturated rings. The number of likely N-dealkylation sites (tertiary alicyclic amines) is 1. The number of hydrogen-bond acceptors (Lipinski definition) is 6. The molecular formula is C21H28N6O. The minimum atomic E-state index is 0.0801. The summed E-state index contributed by atoms with van der Waals surface area (Å²) in [5, 5.41) is 8.02. The van der Waals surface area contributed by atoms with Gasteiger partial charge in [-0.05, 0) is 31.9 Å². The number of hydrogen-bond donors (Lipinski definition) is 1. The number of fused-ring (bicyclic) bond motifs is 1. The minimum absolute atomic E-state index is 0.0801. The summed E-state index contributed by atoms with van der Waals surface area (Å²) in [5.41, 5.74) is 3.07. The number of nitrogens with zero attached hydrogens (tertiary/aromatic N) is 5. The summed E-state index contributed by atoms with van der Waals surface area (Å²) in [5.74, 6) is 0.965. The molecule has 1 saturated heterocycles. The zero-order chi connectivity index (χ0) is 19.7. The number of aromatic nitrogens is 4. The molecule has 1 aromatic carbocycles. The topological polar surface area (TPSA) is 67.6 Å². The largest absolute Gasteiger partial charge is 0.459 e. The van der Waals surface area contributed by atoms with E-state index in [2.05, 4.69) is 60.3 Å². The molecule has 28 heavy (non-hydrogen) atoms. The van der Waals surface area contributed by atoms with Crippen molar-refractivity contribution < 1.29 is 4.74 Å². The van der Waals surface area contributed by atoms with E-state index in [4.69, 9.17) is 9.72 Å². The maximum Gasteiger partial charge on any atom is 0.322 e. The molecule has 1 aliphatic heterocycles. The van der Waals surface area contributed by atoms with Crippen LogP contribution in [0.25, 0.3) is 5.65 Å². The van der Waals surface area contributed by atoms with Crippen LogP contribution in [0.1, 0.15) is 50.3 Å². The van der Waals surface area contributed by atoms with Crippen molar-refractivity contribution in [3.8, 4) is 6.01 Å². The predicted molar refractivity (Wildman–Crippen MR) is 110 cm³/mol. The molecule has 3 heterocycles. The van der Waals surface area contributed by atoms with E-state index in [1.807, 2.05) is 24.4 Å². The van der Waals surface area contributed by atoms with E-state index in [9.17, 15) is 0 Å². The summed E-state index contributed by atoms with van der Waals surface area (Å²) in [6, 6.07) is 10.8. The molecule has 3 aromatic rings. The van der Waals surface area contributed by atoms with Crippen molar-refractivity contribution in [3.05, 3.63) is 47.7 Å². The van der Waals surface area contributed by atoms with Crippen LogP contribution in [-0.2, 0) is 0 Å². The summed E-state index contributed by atoms with van der Waals surface area (Å²) < 4.78 is 7.92. The summed E-state index contributed by atoms with van der Waals surface area (Å²) >= 11 is 0. The van der Waals surface area contributed by atoms with Crippen LogP contribution in [-0.4, -0.2) is 50.7 Å². The number of likely N-dealkylation sites (N-methyl/N-ethyl adjacent to an activating group) is 1. The third kappa shape index (κ3) is 3.80. The third-order valence-electron chi connectivity index (χ3n) is 5.26. The summed E-state index contributed by atoms with van der Waals surface area (Å²) in [4.78, 5) is 11.6. The second kappa shape index (κ2) is 7.75. The zero-order valence-electron chi connectivity index (χ0n) is 17.0. The first-order valence-corrected chi connectivity index (χ1v) is 9.93. The zero-order valence-corrected chi connectivity index (χ0v) is 17.0. The number of anilines is 1. The molecule has 0 aliphatic carbocycles. The molecular weight excluding hydrogens is 352 g/mol. The molecule has 148 valence electrons. The van der Waals surface area contributed by atoms with Gasteiger partial charge < -0.3 is 15.0 Å². The van der Waals surface area contributed by atoms with Gasteiger partial charge in [-0.25, -0.2) is 0 Å². The van der Waals surface area contributed by atoms with Gasteiger partial charge in [-0.1, -0.05) is 44.2 Å². The van der Waals surface area contributed by atoms with Crippen LogP contribution in [0.2, 0.25) is 0 Å². The van der Waals surface area contributed by atoms with Crippen LogP contribution >= 0.6 is 0 Å². The van der Waals surface area contributed by atoms with Crippen molar-refractivity contribution in [1.82, 2.24) is 24.5 Å². The fourth-order valence-corrected chi connectivity index (χ4v) is 3.59. The Morgan fingerprint density at radius 2 is 1.93 bits per heavy atom. The highest BCUT2D eigenvalue weighted by molar-refractivity contribution is 5.53. The molecule has 0 saturated carbocycles. The quantitative estimate of drug-likeness (QED) is 0.706. The summed E-state index contributed by atoms with van der Waals surface area (Å²) in [7, 11) is 2.11. The van der Waals surface area contributed by atoms with Crippen molar-refractivity contribution >= 4 is 11.6 Å². The van der Waals surface area contributed by atoms with E-state index in [0.29, 0.717) is 17.9 Å². The van der Waals surface area contributed by atoms with E-state index >= 15 is 0 Å². The fraction of sp³-hybridized carbons (Fsp3) is 0.476. The lowest BCUT2D eigenvalue weighted by atomic mass is 10.1. The van der Waals surface area contributed by atoms with Crippen LogP contribution in [0.15, 0.2) is 36.5 Å². The molecule has 0 bridgehead atoms. The van der Waals surface area contributed by atoms with Crippen molar-refractivity contribution in [1.29, 1.82) is 0 Å². The number of ether oxygens (including phenoxy) is 1. The van der Waals surface area contributed by atoms with Gasteiger partial charge in [-0.15, -0.1) is 0 Å². The Bertz CT molecular complexity index is 939. The van der Waals surface area contributed by atoms with Gasteiger partial charge in [0, 0.05) is 18.7 Å². The van der Waals surface area contributed by atoms with Gasteiger partial charge in [0.15, 0.2) is 5.65 Å². The molecule has 1 aliphatic rings. The average Bonchev–Trinajstić information content (AvgIpc) is 3.28. The van der Waals surface area contributed by atoms with E-state index in [1.165, 1.54) is 5.56 Å². The highest BCUT2D eigenvalue weighted by atomic mass is 16.5. The number of nitrogens with one attached hydrogen (secondary N) is 1. The molecule has 0 spiro atoms. The first-order valence-electron chi connectivity index (χ1n) is 9.93. The number of rotatable bonds is 6. The van der Waals surface area contributed by atoms with Gasteiger partial charge in [0.25, 0.3) is 0 Å². The predicted octanol–water partition coefficient (Wildman–Crippen LogP) is 3.50. The minimum Gasteiger partial charge on any atom is -0.459 e. The fourth-order valence-electron chi connectivity index (χ4n) is 3.59. The molecule has 1 N–H and O–H groups in total. The van der Waals surface area contributed by atoms with E-state index < -0.39 is 0 Å². The van der Waals surface area contributed by atoms with Gasteiger partial charge in [0.1, 0.15) is 6.10 Å². The molecule has 0 amide bonds. The highest BCUT2D eigenvalue weighted by Gasteiger charge is 2.24. The molecule has 1 unspecified atom stereocenters. The van der Waals surface area contributed by atoms with Crippen molar-refractivity contribution in [2.24, 2.45) is 0 Å². The average molecular weight is 380 g/mol. The molecule has 2 atom stereocenters. The monoisotopic (exact) mass is 380 g/mol. The van der Waals surface area contributed by atoms with Crippen molar-refractivity contribution in [2.45, 2.75) is 45.3 Å². The van der Waals surface area contributed by atoms with Gasteiger partial charge in [-0.3, -0.25) is 0 Å². The molecule has 7 heteroatoms. The smallest absolute Gasteiger partial charge is 0.322 e. The molecule has 0 radical (unpaired) electrons. The maximum atomic E-state index is 6.14. The van der Waals surface area contributed by atoms with Gasteiger partial charge >= 0.3 is 6.01 Å². The van der Waals surface area contributed by atoms with Crippen molar-refractivity contribution in [3.63, 3.8) is 0 Å². The third-order valence-corrected chi connectivity index (χ3v) is 5.26. The Hall–Kier alpha value is -2.67. The van der Waals surface area contributed by atoms with Crippen LogP contribution in [0.3, 0.4) is 0 Å². The van der Waals surface area contributed by atoms with Crippen molar-refractivity contribution in [2.75, 3.05) is 25.5 Å². The lowest BCUT2D eigenvalue weighted by Crippen LogP contribution is -2.23. The highest BCUT2D eigenvalue weighted by Crippen LogP contribution is 2.26. The van der Waals surface area contributed by atoms with Gasteiger partial charge in [0.2, 0.25) is 5.95 Å². The lowest BCUT2D eigenvalue weighted by molar-refractivity contribution is 0.191. The van der Waals surface area contributed by atoms with Crippen LogP contribution < -0.4 is 10.1 Å². The lowest BCUT2D eigenvalue weighted by Gasteiger charge is -2.17. The molecule has 2 aromatic heterocycles. The first-order chi connectivity index (χ1) is 13.5. The summed E-state index contributed by atoms with van der Waals surface area (Å²) in [6.07, 6.45) is 2.99.